The van der Waals surface area contributed by atoms with E-state index < -0.39 is 6.10 Å². The SMILES string of the molecule is COc1ccc(C(=O)CC(C)C)c(OCC(O)CNC(C)C)c1. The highest BCUT2D eigenvalue weighted by Crippen LogP contribution is 2.27. The maximum atomic E-state index is 12.3. The van der Waals surface area contributed by atoms with Gasteiger partial charge >= 0.3 is 0 Å². The van der Waals surface area contributed by atoms with E-state index in [0.29, 0.717) is 36.1 Å². The zero-order valence-corrected chi connectivity index (χ0v) is 14.8. The monoisotopic (exact) mass is 323 g/mol. The second-order valence-corrected chi connectivity index (χ2v) is 6.41. The van der Waals surface area contributed by atoms with Crippen LogP contribution < -0.4 is 14.8 Å². The van der Waals surface area contributed by atoms with Crippen molar-refractivity contribution in [2.45, 2.75) is 46.3 Å². The van der Waals surface area contributed by atoms with Crippen LogP contribution >= 0.6 is 0 Å². The highest BCUT2D eigenvalue weighted by Gasteiger charge is 2.16. The highest BCUT2D eigenvalue weighted by atomic mass is 16.5. The van der Waals surface area contributed by atoms with Crippen molar-refractivity contribution in [2.24, 2.45) is 5.92 Å². The van der Waals surface area contributed by atoms with Crippen molar-refractivity contribution < 1.29 is 19.4 Å². The highest BCUT2D eigenvalue weighted by molar-refractivity contribution is 5.99. The molecule has 0 saturated heterocycles. The molecule has 23 heavy (non-hydrogen) atoms. The minimum absolute atomic E-state index is 0.0347. The number of rotatable bonds is 10. The lowest BCUT2D eigenvalue weighted by atomic mass is 10.0. The molecule has 2 N–H and O–H groups in total. The van der Waals surface area contributed by atoms with Gasteiger partial charge in [0, 0.05) is 25.1 Å². The Hall–Kier alpha value is -1.59. The van der Waals surface area contributed by atoms with E-state index in [4.69, 9.17) is 9.47 Å². The average Bonchev–Trinajstić information content (AvgIpc) is 2.49. The van der Waals surface area contributed by atoms with Crippen molar-refractivity contribution in [3.05, 3.63) is 23.8 Å². The lowest BCUT2D eigenvalue weighted by molar-refractivity contribution is 0.0934. The van der Waals surface area contributed by atoms with Crippen molar-refractivity contribution in [1.29, 1.82) is 0 Å². The molecule has 1 aromatic carbocycles. The lowest BCUT2D eigenvalue weighted by Gasteiger charge is -2.17. The summed E-state index contributed by atoms with van der Waals surface area (Å²) in [7, 11) is 1.57. The number of carbonyl (C=O) groups is 1. The first-order valence-corrected chi connectivity index (χ1v) is 8.09. The topological polar surface area (TPSA) is 67.8 Å². The molecule has 0 radical (unpaired) electrons. The van der Waals surface area contributed by atoms with E-state index in [9.17, 15) is 9.90 Å². The van der Waals surface area contributed by atoms with Gasteiger partial charge in [-0.2, -0.15) is 0 Å². The molecule has 0 heterocycles. The second-order valence-electron chi connectivity index (χ2n) is 6.41. The van der Waals surface area contributed by atoms with Gasteiger partial charge in [0.15, 0.2) is 5.78 Å². The van der Waals surface area contributed by atoms with Crippen LogP contribution in [0, 0.1) is 5.92 Å². The molecule has 1 atom stereocenters. The molecule has 130 valence electrons. The minimum atomic E-state index is -0.642. The number of ketones is 1. The van der Waals surface area contributed by atoms with Crippen molar-refractivity contribution in [2.75, 3.05) is 20.3 Å². The molecule has 0 aliphatic heterocycles. The van der Waals surface area contributed by atoms with Gasteiger partial charge in [0.2, 0.25) is 0 Å². The lowest BCUT2D eigenvalue weighted by Crippen LogP contribution is -2.35. The first-order valence-electron chi connectivity index (χ1n) is 8.09. The van der Waals surface area contributed by atoms with Crippen LogP contribution in [-0.4, -0.2) is 43.3 Å². The number of hydrogen-bond donors (Lipinski definition) is 2. The Balaban J connectivity index is 2.79. The van der Waals surface area contributed by atoms with E-state index in [0.717, 1.165) is 0 Å². The van der Waals surface area contributed by atoms with E-state index in [1.165, 1.54) is 0 Å². The summed E-state index contributed by atoms with van der Waals surface area (Å²) in [6, 6.07) is 5.45. The van der Waals surface area contributed by atoms with Crippen LogP contribution in [0.3, 0.4) is 0 Å². The predicted octanol–water partition coefficient (Wildman–Crippen LogP) is 2.66. The first-order chi connectivity index (χ1) is 10.8. The zero-order chi connectivity index (χ0) is 17.4. The molecule has 5 heteroatoms. The summed E-state index contributed by atoms with van der Waals surface area (Å²) in [5.41, 5.74) is 0.531. The van der Waals surface area contributed by atoms with Crippen LogP contribution in [0.5, 0.6) is 11.5 Å². The molecule has 1 aromatic rings. The van der Waals surface area contributed by atoms with Crippen LogP contribution in [0.15, 0.2) is 18.2 Å². The van der Waals surface area contributed by atoms with Crippen LogP contribution in [0.4, 0.5) is 0 Å². The number of Topliss-reactive ketones (excluding diaryl/α,β-unsaturated/α-hetero) is 1. The van der Waals surface area contributed by atoms with Crippen LogP contribution in [-0.2, 0) is 0 Å². The number of aliphatic hydroxyl groups is 1. The quantitative estimate of drug-likeness (QED) is 0.648. The molecular formula is C18H29NO4. The Morgan fingerprint density at radius 3 is 2.52 bits per heavy atom. The molecule has 1 unspecified atom stereocenters. The molecule has 5 nitrogen and oxygen atoms in total. The molecule has 1 rings (SSSR count). The number of ether oxygens (including phenoxy) is 2. The summed E-state index contributed by atoms with van der Waals surface area (Å²) in [6.07, 6.45) is -0.184. The molecular weight excluding hydrogens is 294 g/mol. The Bertz CT molecular complexity index is 500. The largest absolute Gasteiger partial charge is 0.497 e. The Labute approximate surface area is 139 Å². The van der Waals surface area contributed by atoms with Crippen molar-refractivity contribution in [3.63, 3.8) is 0 Å². The third kappa shape index (κ3) is 7.01. The Morgan fingerprint density at radius 2 is 1.96 bits per heavy atom. The van der Waals surface area contributed by atoms with Gasteiger partial charge in [0.1, 0.15) is 24.2 Å². The Kier molecular flexibility index (Phi) is 8.06. The fourth-order valence-corrected chi connectivity index (χ4v) is 2.08. The van der Waals surface area contributed by atoms with Crippen molar-refractivity contribution >= 4 is 5.78 Å². The van der Waals surface area contributed by atoms with E-state index in [2.05, 4.69) is 5.32 Å². The van der Waals surface area contributed by atoms with E-state index in [1.807, 2.05) is 27.7 Å². The summed E-state index contributed by atoms with van der Waals surface area (Å²) in [6.45, 7) is 8.59. The smallest absolute Gasteiger partial charge is 0.166 e. The summed E-state index contributed by atoms with van der Waals surface area (Å²) < 4.78 is 10.9. The summed E-state index contributed by atoms with van der Waals surface area (Å²) in [5.74, 6) is 1.39. The third-order valence-corrected chi connectivity index (χ3v) is 3.28. The molecule has 0 aromatic heterocycles. The molecule has 0 aliphatic rings. The number of nitrogens with one attached hydrogen (secondary N) is 1. The summed E-state index contributed by atoms with van der Waals surface area (Å²) >= 11 is 0. The van der Waals surface area contributed by atoms with Gasteiger partial charge in [0.05, 0.1) is 12.7 Å². The fourth-order valence-electron chi connectivity index (χ4n) is 2.08. The van der Waals surface area contributed by atoms with E-state index in [1.54, 1.807) is 25.3 Å². The molecule has 0 fully saturated rings. The van der Waals surface area contributed by atoms with Gasteiger partial charge in [-0.1, -0.05) is 27.7 Å². The zero-order valence-electron chi connectivity index (χ0n) is 14.8. The second kappa shape index (κ2) is 9.53. The number of aliphatic hydroxyl groups excluding tert-OH is 1. The predicted molar refractivity (Wildman–Crippen MR) is 91.4 cm³/mol. The van der Waals surface area contributed by atoms with Gasteiger partial charge in [-0.15, -0.1) is 0 Å². The van der Waals surface area contributed by atoms with Crippen LogP contribution in [0.1, 0.15) is 44.5 Å². The normalized spacial score (nSPS) is 12.5. The number of benzene rings is 1. The van der Waals surface area contributed by atoms with Gasteiger partial charge in [-0.25, -0.2) is 0 Å². The average molecular weight is 323 g/mol. The minimum Gasteiger partial charge on any atom is -0.497 e. The van der Waals surface area contributed by atoms with Crippen molar-refractivity contribution in [1.82, 2.24) is 5.32 Å². The molecule has 0 bridgehead atoms. The van der Waals surface area contributed by atoms with Crippen molar-refractivity contribution in [3.8, 4) is 11.5 Å². The number of hydrogen-bond acceptors (Lipinski definition) is 5. The molecule has 0 saturated carbocycles. The summed E-state index contributed by atoms with van der Waals surface area (Å²) in [4.78, 5) is 12.3. The van der Waals surface area contributed by atoms with Crippen LogP contribution in [0.2, 0.25) is 0 Å². The summed E-state index contributed by atoms with van der Waals surface area (Å²) in [5, 5.41) is 13.1. The number of methoxy groups -OCH3 is 1. The van der Waals surface area contributed by atoms with Gasteiger partial charge < -0.3 is 19.9 Å². The molecule has 0 spiro atoms. The van der Waals surface area contributed by atoms with Gasteiger partial charge in [-0.3, -0.25) is 4.79 Å². The van der Waals surface area contributed by atoms with E-state index >= 15 is 0 Å². The Morgan fingerprint density at radius 1 is 1.26 bits per heavy atom. The van der Waals surface area contributed by atoms with Gasteiger partial charge in [0.25, 0.3) is 0 Å². The molecule has 0 amide bonds. The number of carbonyl (C=O) groups excluding carboxylic acids is 1. The molecule has 0 aliphatic carbocycles. The fraction of sp³-hybridized carbons (Fsp3) is 0.611. The van der Waals surface area contributed by atoms with E-state index in [-0.39, 0.29) is 18.3 Å². The first kappa shape index (κ1) is 19.5. The third-order valence-electron chi connectivity index (χ3n) is 3.28. The maximum Gasteiger partial charge on any atom is 0.166 e. The van der Waals surface area contributed by atoms with Crippen LogP contribution in [0.25, 0.3) is 0 Å². The standard InChI is InChI=1S/C18H29NO4/c1-12(2)8-17(21)16-7-6-15(22-5)9-18(16)23-11-14(20)10-19-13(3)4/h6-7,9,12-14,19-20H,8,10-11H2,1-5H3. The van der Waals surface area contributed by atoms with Gasteiger partial charge in [-0.05, 0) is 18.1 Å². The maximum absolute atomic E-state index is 12.3.